The van der Waals surface area contributed by atoms with E-state index in [2.05, 4.69) is 15.3 Å². The average Bonchev–Trinajstić information content (AvgIpc) is 3.34. The van der Waals surface area contributed by atoms with Gasteiger partial charge in [0.2, 0.25) is 0 Å². The Balaban J connectivity index is 1.45. The normalized spacial score (nSPS) is 17.3. The van der Waals surface area contributed by atoms with Crippen LogP contribution in [0.15, 0.2) is 55.0 Å². The molecule has 0 saturated carbocycles. The van der Waals surface area contributed by atoms with Crippen LogP contribution in [0, 0.1) is 0 Å². The van der Waals surface area contributed by atoms with Crippen LogP contribution in [0.2, 0.25) is 0 Å². The third-order valence-corrected chi connectivity index (χ3v) is 7.48. The highest BCUT2D eigenvalue weighted by atomic mass is 16.6. The number of urea groups is 1. The number of hydrogen-bond donors (Lipinski definition) is 1. The lowest BCUT2D eigenvalue weighted by molar-refractivity contribution is -0.00449. The molecule has 1 fully saturated rings. The number of piperazine rings is 1. The molecule has 1 saturated heterocycles. The van der Waals surface area contributed by atoms with E-state index in [1.807, 2.05) is 84.3 Å². The van der Waals surface area contributed by atoms with Gasteiger partial charge in [0, 0.05) is 48.9 Å². The number of ether oxygens (including phenoxy) is 2. The van der Waals surface area contributed by atoms with Crippen LogP contribution in [0.4, 0.5) is 15.3 Å². The molecule has 0 unspecified atom stereocenters. The summed E-state index contributed by atoms with van der Waals surface area (Å²) in [5.41, 5.74) is 3.87. The Hall–Kier alpha value is -4.67. The zero-order chi connectivity index (χ0) is 30.2. The molecule has 11 nitrogen and oxygen atoms in total. The second kappa shape index (κ2) is 11.3. The summed E-state index contributed by atoms with van der Waals surface area (Å²) >= 11 is 0. The van der Waals surface area contributed by atoms with Gasteiger partial charge in [-0.2, -0.15) is 5.10 Å². The van der Waals surface area contributed by atoms with Gasteiger partial charge < -0.3 is 24.6 Å². The number of carbonyl (C=O) groups excluding carboxylic acids is 2. The maximum Gasteiger partial charge on any atom is 0.410 e. The van der Waals surface area contributed by atoms with E-state index >= 15 is 0 Å². The van der Waals surface area contributed by atoms with Crippen molar-refractivity contribution in [3.05, 3.63) is 55.0 Å². The first-order valence-electron chi connectivity index (χ1n) is 14.0. The van der Waals surface area contributed by atoms with Gasteiger partial charge in [-0.05, 0) is 40.7 Å². The monoisotopic (exact) mass is 571 g/mol. The highest BCUT2D eigenvalue weighted by Crippen LogP contribution is 2.37. The number of aryl methyl sites for hydroxylation is 1. The van der Waals surface area contributed by atoms with Crippen LogP contribution in [-0.4, -0.2) is 79.6 Å². The standard InChI is InChI=1S/C31H37N7O4/c1-19-20(2)38(30(40)42-31(3,4)5)14-13-37(19)29(39)34-25-15-22-24(16-26(25)41-7)32-18-33-28(22)23-17-36(6)35-27(23)21-11-9-8-10-12-21/h8-12,15-20H,13-14H2,1-7H3,(H,34,39)/t19-,20+/m1/s1. The summed E-state index contributed by atoms with van der Waals surface area (Å²) in [6.07, 6.45) is 3.07. The molecule has 1 aliphatic heterocycles. The summed E-state index contributed by atoms with van der Waals surface area (Å²) in [5.74, 6) is 0.475. The molecule has 2 aromatic heterocycles. The molecule has 2 aromatic carbocycles. The van der Waals surface area contributed by atoms with Crippen molar-refractivity contribution in [3.8, 4) is 28.3 Å². The van der Waals surface area contributed by atoms with Gasteiger partial charge in [-0.1, -0.05) is 30.3 Å². The van der Waals surface area contributed by atoms with Crippen molar-refractivity contribution in [2.75, 3.05) is 25.5 Å². The highest BCUT2D eigenvalue weighted by Gasteiger charge is 2.38. The van der Waals surface area contributed by atoms with Crippen LogP contribution in [0.3, 0.4) is 0 Å². The lowest BCUT2D eigenvalue weighted by atomic mass is 10.0. The number of fused-ring (bicyclic) bond motifs is 1. The van der Waals surface area contributed by atoms with E-state index < -0.39 is 5.60 Å². The van der Waals surface area contributed by atoms with E-state index in [0.717, 1.165) is 22.2 Å². The van der Waals surface area contributed by atoms with Gasteiger partial charge in [0.15, 0.2) is 0 Å². The largest absolute Gasteiger partial charge is 0.494 e. The summed E-state index contributed by atoms with van der Waals surface area (Å²) in [5, 5.41) is 8.48. The molecule has 0 spiro atoms. The second-order valence-electron chi connectivity index (χ2n) is 11.5. The first-order chi connectivity index (χ1) is 20.0. The van der Waals surface area contributed by atoms with Crippen molar-refractivity contribution in [1.29, 1.82) is 0 Å². The Bertz CT molecular complexity index is 1610. The number of aromatic nitrogens is 4. The number of carbonyl (C=O) groups is 2. The summed E-state index contributed by atoms with van der Waals surface area (Å²) in [7, 11) is 3.43. The van der Waals surface area contributed by atoms with Crippen LogP contribution in [0.5, 0.6) is 5.75 Å². The Morgan fingerprint density at radius 2 is 1.67 bits per heavy atom. The first kappa shape index (κ1) is 28.8. The quantitative estimate of drug-likeness (QED) is 0.341. The number of benzene rings is 2. The molecule has 5 rings (SSSR count). The minimum atomic E-state index is -0.596. The molecule has 220 valence electrons. The van der Waals surface area contributed by atoms with Crippen LogP contribution in [0.1, 0.15) is 34.6 Å². The summed E-state index contributed by atoms with van der Waals surface area (Å²) in [6.45, 7) is 10.1. The van der Waals surface area contributed by atoms with Crippen molar-refractivity contribution in [2.45, 2.75) is 52.3 Å². The molecular formula is C31H37N7O4. The van der Waals surface area contributed by atoms with Crippen molar-refractivity contribution >= 4 is 28.7 Å². The Kier molecular flexibility index (Phi) is 7.77. The second-order valence-corrected chi connectivity index (χ2v) is 11.5. The summed E-state index contributed by atoms with van der Waals surface area (Å²) in [4.78, 5) is 38.9. The van der Waals surface area contributed by atoms with E-state index in [1.54, 1.807) is 27.7 Å². The lowest BCUT2D eigenvalue weighted by Crippen LogP contribution is -2.61. The van der Waals surface area contributed by atoms with Crippen LogP contribution < -0.4 is 10.1 Å². The maximum atomic E-state index is 13.6. The third-order valence-electron chi connectivity index (χ3n) is 7.48. The molecule has 4 aromatic rings. The minimum absolute atomic E-state index is 0.236. The number of nitrogens with one attached hydrogen (secondary N) is 1. The van der Waals surface area contributed by atoms with Gasteiger partial charge >= 0.3 is 12.1 Å². The number of nitrogens with zero attached hydrogens (tertiary/aromatic N) is 6. The smallest absolute Gasteiger partial charge is 0.410 e. The van der Waals surface area contributed by atoms with Gasteiger partial charge in [0.1, 0.15) is 23.4 Å². The van der Waals surface area contributed by atoms with Crippen molar-refractivity contribution in [3.63, 3.8) is 0 Å². The third kappa shape index (κ3) is 5.72. The Morgan fingerprint density at radius 1 is 0.976 bits per heavy atom. The average molecular weight is 572 g/mol. The number of amides is 3. The Morgan fingerprint density at radius 3 is 2.36 bits per heavy atom. The van der Waals surface area contributed by atoms with Gasteiger partial charge in [0.25, 0.3) is 0 Å². The van der Waals surface area contributed by atoms with E-state index in [4.69, 9.17) is 14.6 Å². The van der Waals surface area contributed by atoms with E-state index in [-0.39, 0.29) is 24.2 Å². The molecular weight excluding hydrogens is 534 g/mol. The van der Waals surface area contributed by atoms with E-state index in [1.165, 1.54) is 6.33 Å². The molecule has 0 aliphatic carbocycles. The van der Waals surface area contributed by atoms with Gasteiger partial charge in [-0.25, -0.2) is 19.6 Å². The molecule has 0 radical (unpaired) electrons. The fourth-order valence-corrected chi connectivity index (χ4v) is 5.23. The van der Waals surface area contributed by atoms with E-state index in [9.17, 15) is 9.59 Å². The number of anilines is 1. The predicted octanol–water partition coefficient (Wildman–Crippen LogP) is 5.57. The molecule has 3 amide bonds. The van der Waals surface area contributed by atoms with Crippen molar-refractivity contribution in [1.82, 2.24) is 29.5 Å². The minimum Gasteiger partial charge on any atom is -0.494 e. The maximum absolute atomic E-state index is 13.6. The molecule has 1 N–H and O–H groups in total. The van der Waals surface area contributed by atoms with E-state index in [0.29, 0.717) is 35.7 Å². The van der Waals surface area contributed by atoms with Gasteiger partial charge in [0.05, 0.1) is 36.1 Å². The lowest BCUT2D eigenvalue weighted by Gasteiger charge is -2.44. The van der Waals surface area contributed by atoms with Crippen LogP contribution in [-0.2, 0) is 11.8 Å². The number of methoxy groups -OCH3 is 1. The van der Waals surface area contributed by atoms with Crippen molar-refractivity contribution in [2.24, 2.45) is 7.05 Å². The topological polar surface area (TPSA) is 115 Å². The fraction of sp³-hybridized carbons (Fsp3) is 0.387. The van der Waals surface area contributed by atoms with Gasteiger partial charge in [-0.15, -0.1) is 0 Å². The fourth-order valence-electron chi connectivity index (χ4n) is 5.23. The molecule has 1 aliphatic rings. The summed E-state index contributed by atoms with van der Waals surface area (Å²) < 4.78 is 13.0. The molecule has 42 heavy (non-hydrogen) atoms. The molecule has 0 bridgehead atoms. The summed E-state index contributed by atoms with van der Waals surface area (Å²) in [6, 6.07) is 12.8. The van der Waals surface area contributed by atoms with Crippen molar-refractivity contribution < 1.29 is 19.1 Å². The predicted molar refractivity (Wildman–Crippen MR) is 161 cm³/mol. The molecule has 2 atom stereocenters. The van der Waals surface area contributed by atoms with Crippen LogP contribution >= 0.6 is 0 Å². The molecule has 11 heteroatoms. The SMILES string of the molecule is COc1cc2ncnc(-c3cn(C)nc3-c3ccccc3)c2cc1NC(=O)N1CCN(C(=O)OC(C)(C)C)[C@@H](C)[C@H]1C. The number of hydrogen-bond acceptors (Lipinski definition) is 7. The zero-order valence-electron chi connectivity index (χ0n) is 25.1. The Labute approximate surface area is 245 Å². The zero-order valence-corrected chi connectivity index (χ0v) is 25.1. The first-order valence-corrected chi connectivity index (χ1v) is 14.0. The molecule has 3 heterocycles. The highest BCUT2D eigenvalue weighted by molar-refractivity contribution is 6.01. The van der Waals surface area contributed by atoms with Crippen LogP contribution in [0.25, 0.3) is 33.4 Å². The van der Waals surface area contributed by atoms with Gasteiger partial charge in [-0.3, -0.25) is 4.68 Å². The number of rotatable bonds is 4.